The Bertz CT molecular complexity index is 652. The molecule has 7 heteroatoms. The lowest BCUT2D eigenvalue weighted by atomic mass is 10.1. The third-order valence-corrected chi connectivity index (χ3v) is 4.01. The van der Waals surface area contributed by atoms with Gasteiger partial charge in [0.15, 0.2) is 5.82 Å². The molecule has 4 rings (SSSR count). The first-order valence-electron chi connectivity index (χ1n) is 7.20. The lowest BCUT2D eigenvalue weighted by Crippen LogP contribution is -2.29. The molecule has 2 fully saturated rings. The molecule has 7 nitrogen and oxygen atoms in total. The Hall–Kier alpha value is -2.31. The fraction of sp³-hybridized carbons (Fsp3) is 0.500. The van der Waals surface area contributed by atoms with Crippen LogP contribution < -0.4 is 0 Å². The van der Waals surface area contributed by atoms with Crippen LogP contribution in [0.25, 0.3) is 0 Å². The van der Waals surface area contributed by atoms with Crippen molar-refractivity contribution in [2.24, 2.45) is 0 Å². The van der Waals surface area contributed by atoms with E-state index in [4.69, 9.17) is 4.52 Å². The highest BCUT2D eigenvalue weighted by atomic mass is 16.5. The van der Waals surface area contributed by atoms with Gasteiger partial charge < -0.3 is 9.42 Å². The van der Waals surface area contributed by atoms with Gasteiger partial charge in [0.1, 0.15) is 5.69 Å². The summed E-state index contributed by atoms with van der Waals surface area (Å²) in [6.45, 7) is 1.28. The van der Waals surface area contributed by atoms with Gasteiger partial charge >= 0.3 is 0 Å². The van der Waals surface area contributed by atoms with Gasteiger partial charge in [-0.05, 0) is 19.3 Å². The SMILES string of the molecule is O=C(c1cnccn1)N1CC[C@H](c2nc(C3CC3)no2)C1. The number of hydrogen-bond donors (Lipinski definition) is 0. The van der Waals surface area contributed by atoms with E-state index in [1.54, 1.807) is 11.1 Å². The summed E-state index contributed by atoms with van der Waals surface area (Å²) >= 11 is 0. The molecule has 2 aliphatic rings. The number of amides is 1. The molecule has 1 atom stereocenters. The summed E-state index contributed by atoms with van der Waals surface area (Å²) in [5.41, 5.74) is 0.377. The van der Waals surface area contributed by atoms with E-state index in [2.05, 4.69) is 20.1 Å². The molecule has 1 saturated heterocycles. The Morgan fingerprint density at radius 2 is 2.14 bits per heavy atom. The molecule has 1 aliphatic heterocycles. The van der Waals surface area contributed by atoms with E-state index in [0.717, 1.165) is 25.1 Å². The number of likely N-dealkylation sites (tertiary alicyclic amines) is 1. The van der Waals surface area contributed by atoms with Crippen molar-refractivity contribution in [2.45, 2.75) is 31.1 Å². The average molecular weight is 285 g/mol. The second-order valence-corrected chi connectivity index (χ2v) is 5.59. The van der Waals surface area contributed by atoms with E-state index in [0.29, 0.717) is 30.6 Å². The number of nitrogens with zero attached hydrogens (tertiary/aromatic N) is 5. The molecule has 1 amide bonds. The van der Waals surface area contributed by atoms with Crippen LogP contribution in [0.15, 0.2) is 23.1 Å². The van der Waals surface area contributed by atoms with Gasteiger partial charge in [-0.1, -0.05) is 5.16 Å². The third-order valence-electron chi connectivity index (χ3n) is 4.01. The molecular formula is C14H15N5O2. The van der Waals surface area contributed by atoms with Gasteiger partial charge in [0, 0.05) is 31.4 Å². The van der Waals surface area contributed by atoms with E-state index in [9.17, 15) is 4.79 Å². The molecule has 21 heavy (non-hydrogen) atoms. The number of aromatic nitrogens is 4. The predicted octanol–water partition coefficient (Wildman–Crippen LogP) is 1.37. The van der Waals surface area contributed by atoms with Crippen LogP contribution in [0.5, 0.6) is 0 Å². The largest absolute Gasteiger partial charge is 0.339 e. The van der Waals surface area contributed by atoms with Crippen molar-refractivity contribution in [3.63, 3.8) is 0 Å². The molecule has 3 heterocycles. The minimum absolute atomic E-state index is 0.0902. The highest BCUT2D eigenvalue weighted by Gasteiger charge is 2.34. The summed E-state index contributed by atoms with van der Waals surface area (Å²) in [5, 5.41) is 4.04. The highest BCUT2D eigenvalue weighted by Crippen LogP contribution is 2.39. The number of carbonyl (C=O) groups is 1. The van der Waals surface area contributed by atoms with Gasteiger partial charge in [-0.3, -0.25) is 9.78 Å². The second-order valence-electron chi connectivity index (χ2n) is 5.59. The van der Waals surface area contributed by atoms with Crippen LogP contribution in [0, 0.1) is 0 Å². The first kappa shape index (κ1) is 12.4. The van der Waals surface area contributed by atoms with Crippen molar-refractivity contribution >= 4 is 5.91 Å². The second kappa shape index (κ2) is 4.91. The lowest BCUT2D eigenvalue weighted by molar-refractivity contribution is 0.0783. The van der Waals surface area contributed by atoms with Crippen LogP contribution in [0.2, 0.25) is 0 Å². The van der Waals surface area contributed by atoms with Crippen LogP contribution >= 0.6 is 0 Å². The van der Waals surface area contributed by atoms with Crippen LogP contribution in [-0.4, -0.2) is 44.0 Å². The molecule has 0 bridgehead atoms. The van der Waals surface area contributed by atoms with E-state index >= 15 is 0 Å². The van der Waals surface area contributed by atoms with Gasteiger partial charge in [-0.15, -0.1) is 0 Å². The summed E-state index contributed by atoms with van der Waals surface area (Å²) in [4.78, 5) is 26.5. The third kappa shape index (κ3) is 2.39. The molecule has 2 aromatic heterocycles. The van der Waals surface area contributed by atoms with E-state index in [-0.39, 0.29) is 11.8 Å². The average Bonchev–Trinajstić information content (AvgIpc) is 3.07. The van der Waals surface area contributed by atoms with Gasteiger partial charge in [-0.25, -0.2) is 4.98 Å². The fourth-order valence-electron chi connectivity index (χ4n) is 2.64. The highest BCUT2D eigenvalue weighted by molar-refractivity contribution is 5.92. The Kier molecular flexibility index (Phi) is 2.90. The summed E-state index contributed by atoms with van der Waals surface area (Å²) in [6.07, 6.45) is 7.73. The molecule has 0 radical (unpaired) electrons. The molecule has 1 saturated carbocycles. The zero-order valence-corrected chi connectivity index (χ0v) is 11.5. The van der Waals surface area contributed by atoms with Gasteiger partial charge in [0.05, 0.1) is 12.1 Å². The Morgan fingerprint density at radius 3 is 2.90 bits per heavy atom. The van der Waals surface area contributed by atoms with Gasteiger partial charge in [-0.2, -0.15) is 4.98 Å². The molecule has 0 aromatic carbocycles. The van der Waals surface area contributed by atoms with Crippen LogP contribution in [0.4, 0.5) is 0 Å². The maximum Gasteiger partial charge on any atom is 0.274 e. The Balaban J connectivity index is 1.45. The zero-order valence-electron chi connectivity index (χ0n) is 11.5. The lowest BCUT2D eigenvalue weighted by Gasteiger charge is -2.14. The van der Waals surface area contributed by atoms with Crippen molar-refractivity contribution in [3.8, 4) is 0 Å². The standard InChI is InChI=1S/C14H15N5O2/c20-14(11-7-15-4-5-16-11)19-6-3-10(8-19)13-17-12(18-21-13)9-1-2-9/h4-5,7,9-10H,1-3,6,8H2/t10-/m0/s1. The van der Waals surface area contributed by atoms with Crippen molar-refractivity contribution in [1.82, 2.24) is 25.0 Å². The fourth-order valence-corrected chi connectivity index (χ4v) is 2.64. The summed E-state index contributed by atoms with van der Waals surface area (Å²) in [5.74, 6) is 2.01. The molecule has 1 aliphatic carbocycles. The number of carbonyl (C=O) groups excluding carboxylic acids is 1. The summed E-state index contributed by atoms with van der Waals surface area (Å²) in [7, 11) is 0. The first-order valence-corrected chi connectivity index (χ1v) is 7.20. The van der Waals surface area contributed by atoms with Crippen LogP contribution in [0.3, 0.4) is 0 Å². The van der Waals surface area contributed by atoms with E-state index < -0.39 is 0 Å². The smallest absolute Gasteiger partial charge is 0.274 e. The predicted molar refractivity (Wildman–Crippen MR) is 71.6 cm³/mol. The molecule has 0 spiro atoms. The molecular weight excluding hydrogens is 270 g/mol. The quantitative estimate of drug-likeness (QED) is 0.846. The summed E-state index contributed by atoms with van der Waals surface area (Å²) in [6, 6.07) is 0. The monoisotopic (exact) mass is 285 g/mol. The minimum Gasteiger partial charge on any atom is -0.339 e. The van der Waals surface area contributed by atoms with Crippen molar-refractivity contribution in [1.29, 1.82) is 0 Å². The topological polar surface area (TPSA) is 85.0 Å². The van der Waals surface area contributed by atoms with Crippen molar-refractivity contribution in [2.75, 3.05) is 13.1 Å². The molecule has 0 unspecified atom stereocenters. The van der Waals surface area contributed by atoms with Crippen LogP contribution in [-0.2, 0) is 0 Å². The number of hydrogen-bond acceptors (Lipinski definition) is 6. The van der Waals surface area contributed by atoms with Gasteiger partial charge in [0.2, 0.25) is 5.89 Å². The normalized spacial score (nSPS) is 21.7. The van der Waals surface area contributed by atoms with E-state index in [1.165, 1.54) is 12.4 Å². The van der Waals surface area contributed by atoms with Crippen LogP contribution in [0.1, 0.15) is 53.3 Å². The van der Waals surface area contributed by atoms with E-state index in [1.807, 2.05) is 0 Å². The number of rotatable bonds is 3. The van der Waals surface area contributed by atoms with Crippen molar-refractivity contribution < 1.29 is 9.32 Å². The summed E-state index contributed by atoms with van der Waals surface area (Å²) < 4.78 is 5.36. The maximum absolute atomic E-state index is 12.3. The Morgan fingerprint density at radius 1 is 1.24 bits per heavy atom. The molecule has 0 N–H and O–H groups in total. The first-order chi connectivity index (χ1) is 10.3. The molecule has 108 valence electrons. The van der Waals surface area contributed by atoms with Gasteiger partial charge in [0.25, 0.3) is 5.91 Å². The molecule has 2 aromatic rings. The zero-order chi connectivity index (χ0) is 14.2. The maximum atomic E-state index is 12.3. The minimum atomic E-state index is -0.0902. The van der Waals surface area contributed by atoms with Crippen molar-refractivity contribution in [3.05, 3.63) is 36.0 Å². The Labute approximate surface area is 121 Å².